The number of hydrogen-bond acceptors (Lipinski definition) is 5. The number of hydrogen-bond donors (Lipinski definition) is 0. The van der Waals surface area contributed by atoms with Crippen molar-refractivity contribution in [2.75, 3.05) is 24.5 Å². The van der Waals surface area contributed by atoms with Crippen molar-refractivity contribution in [3.63, 3.8) is 0 Å². The van der Waals surface area contributed by atoms with Crippen molar-refractivity contribution in [3.8, 4) is 0 Å². The van der Waals surface area contributed by atoms with Crippen LogP contribution in [-0.4, -0.2) is 47.1 Å². The molecule has 2 aromatic carbocycles. The SMILES string of the molecule is O=S1(=O)[C@H](c2ccccc2)CCCCN1Cc1cc(F)c(N2C[C@@H]3[C@H](C2)[C@H]3n2cnnc2)cc1F. The van der Waals surface area contributed by atoms with Gasteiger partial charge in [0.15, 0.2) is 0 Å². The second kappa shape index (κ2) is 8.67. The molecule has 3 aromatic rings. The molecule has 0 N–H and O–H groups in total. The summed E-state index contributed by atoms with van der Waals surface area (Å²) < 4.78 is 60.6. The molecule has 6 rings (SSSR count). The Morgan fingerprint density at radius 3 is 2.37 bits per heavy atom. The summed E-state index contributed by atoms with van der Waals surface area (Å²) in [6, 6.07) is 11.8. The van der Waals surface area contributed by atoms with Gasteiger partial charge in [-0.25, -0.2) is 17.2 Å². The predicted molar refractivity (Wildman–Crippen MR) is 127 cm³/mol. The van der Waals surface area contributed by atoms with Gasteiger partial charge in [0.2, 0.25) is 10.0 Å². The third-order valence-electron chi connectivity index (χ3n) is 7.75. The lowest BCUT2D eigenvalue weighted by molar-refractivity contribution is 0.397. The van der Waals surface area contributed by atoms with Crippen molar-refractivity contribution in [2.24, 2.45) is 11.8 Å². The van der Waals surface area contributed by atoms with E-state index in [4.69, 9.17) is 0 Å². The Balaban J connectivity index is 1.20. The summed E-state index contributed by atoms with van der Waals surface area (Å²) in [5, 5.41) is 7.03. The maximum Gasteiger partial charge on any atom is 0.221 e. The molecule has 0 bridgehead atoms. The van der Waals surface area contributed by atoms with Gasteiger partial charge in [0, 0.05) is 55.7 Å². The van der Waals surface area contributed by atoms with Crippen LogP contribution < -0.4 is 4.90 Å². The van der Waals surface area contributed by atoms with Gasteiger partial charge < -0.3 is 9.47 Å². The number of sulfonamides is 1. The van der Waals surface area contributed by atoms with E-state index in [0.717, 1.165) is 12.0 Å². The molecule has 3 heterocycles. The molecule has 3 fully saturated rings. The molecule has 0 radical (unpaired) electrons. The summed E-state index contributed by atoms with van der Waals surface area (Å²) >= 11 is 0. The highest BCUT2D eigenvalue weighted by Gasteiger charge is 2.57. The molecule has 7 nitrogen and oxygen atoms in total. The lowest BCUT2D eigenvalue weighted by Gasteiger charge is -2.26. The zero-order valence-electron chi connectivity index (χ0n) is 19.2. The van der Waals surface area contributed by atoms with Crippen molar-refractivity contribution in [1.82, 2.24) is 19.1 Å². The lowest BCUT2D eigenvalue weighted by atomic mass is 10.1. The third kappa shape index (κ3) is 4.02. The van der Waals surface area contributed by atoms with Gasteiger partial charge in [0.1, 0.15) is 29.5 Å². The number of rotatable bonds is 5. The first-order valence-electron chi connectivity index (χ1n) is 12.0. The van der Waals surface area contributed by atoms with Gasteiger partial charge in [-0.3, -0.25) is 0 Å². The van der Waals surface area contributed by atoms with E-state index < -0.39 is 26.9 Å². The average Bonchev–Trinajstić information content (AvgIpc) is 3.19. The topological polar surface area (TPSA) is 71.3 Å². The highest BCUT2D eigenvalue weighted by atomic mass is 32.2. The summed E-state index contributed by atoms with van der Waals surface area (Å²) in [4.78, 5) is 1.88. The normalized spacial score (nSPS) is 28.0. The fourth-order valence-corrected chi connectivity index (χ4v) is 7.91. The fraction of sp³-hybridized carbons (Fsp3) is 0.440. The average molecular weight is 500 g/mol. The Hall–Kier alpha value is -2.85. The van der Waals surface area contributed by atoms with Gasteiger partial charge in [-0.05, 0) is 24.5 Å². The smallest absolute Gasteiger partial charge is 0.221 e. The van der Waals surface area contributed by atoms with Gasteiger partial charge in [0.05, 0.1) is 5.69 Å². The first-order chi connectivity index (χ1) is 16.9. The molecule has 35 heavy (non-hydrogen) atoms. The molecule has 10 heteroatoms. The van der Waals surface area contributed by atoms with Gasteiger partial charge in [-0.15, -0.1) is 10.2 Å². The number of anilines is 1. The van der Waals surface area contributed by atoms with E-state index in [1.807, 2.05) is 39.8 Å². The molecule has 1 aliphatic carbocycles. The highest BCUT2D eigenvalue weighted by Crippen LogP contribution is 2.56. The van der Waals surface area contributed by atoms with E-state index >= 15 is 8.78 Å². The first kappa shape index (κ1) is 22.6. The van der Waals surface area contributed by atoms with Crippen LogP contribution in [-0.2, 0) is 16.6 Å². The molecule has 2 saturated heterocycles. The molecule has 0 spiro atoms. The zero-order valence-corrected chi connectivity index (χ0v) is 20.0. The molecular weight excluding hydrogens is 472 g/mol. The molecule has 184 valence electrons. The van der Waals surface area contributed by atoms with E-state index in [9.17, 15) is 8.42 Å². The second-order valence-corrected chi connectivity index (χ2v) is 11.9. The largest absolute Gasteiger partial charge is 0.368 e. The minimum Gasteiger partial charge on any atom is -0.368 e. The van der Waals surface area contributed by atoms with Crippen molar-refractivity contribution < 1.29 is 17.2 Å². The van der Waals surface area contributed by atoms with Crippen LogP contribution in [0.15, 0.2) is 55.1 Å². The maximum absolute atomic E-state index is 15.2. The fourth-order valence-electron chi connectivity index (χ4n) is 5.88. The number of nitrogens with zero attached hydrogens (tertiary/aromatic N) is 5. The van der Waals surface area contributed by atoms with Crippen LogP contribution in [0.3, 0.4) is 0 Å². The zero-order chi connectivity index (χ0) is 24.2. The van der Waals surface area contributed by atoms with Gasteiger partial charge in [0.25, 0.3) is 0 Å². The van der Waals surface area contributed by atoms with E-state index in [2.05, 4.69) is 10.2 Å². The number of aromatic nitrogens is 3. The maximum atomic E-state index is 15.2. The Kier molecular flexibility index (Phi) is 5.60. The molecule has 4 atom stereocenters. The molecule has 0 amide bonds. The molecule has 3 aliphatic rings. The summed E-state index contributed by atoms with van der Waals surface area (Å²) in [6.45, 7) is 1.41. The molecule has 0 unspecified atom stereocenters. The van der Waals surface area contributed by atoms with Crippen LogP contribution in [0.5, 0.6) is 0 Å². The quantitative estimate of drug-likeness (QED) is 0.532. The van der Waals surface area contributed by atoms with Gasteiger partial charge in [-0.2, -0.15) is 4.31 Å². The highest BCUT2D eigenvalue weighted by molar-refractivity contribution is 7.89. The van der Waals surface area contributed by atoms with Crippen LogP contribution in [0.25, 0.3) is 0 Å². The number of piperidine rings is 1. The molecule has 2 aliphatic heterocycles. The summed E-state index contributed by atoms with van der Waals surface area (Å²) in [6.07, 6.45) is 5.36. The van der Waals surface area contributed by atoms with Crippen LogP contribution in [0.4, 0.5) is 14.5 Å². The first-order valence-corrected chi connectivity index (χ1v) is 13.5. The Labute approximate surface area is 203 Å². The monoisotopic (exact) mass is 499 g/mol. The van der Waals surface area contributed by atoms with E-state index in [1.165, 1.54) is 16.4 Å². The lowest BCUT2D eigenvalue weighted by Crippen LogP contribution is -2.34. The molecule has 1 saturated carbocycles. The van der Waals surface area contributed by atoms with Crippen LogP contribution in [0.1, 0.15) is 41.7 Å². The van der Waals surface area contributed by atoms with E-state index in [0.29, 0.717) is 50.4 Å². The third-order valence-corrected chi connectivity index (χ3v) is 10.0. The Morgan fingerprint density at radius 2 is 1.66 bits per heavy atom. The number of benzene rings is 2. The summed E-state index contributed by atoms with van der Waals surface area (Å²) in [5.74, 6) is -0.362. The minimum absolute atomic E-state index is 0.0651. The molecular formula is C25H27F2N5O2S. The number of halogens is 2. The van der Waals surface area contributed by atoms with E-state index in [-0.39, 0.29) is 17.8 Å². The summed E-state index contributed by atoms with van der Waals surface area (Å²) in [5.41, 5.74) is 1.04. The van der Waals surface area contributed by atoms with Crippen molar-refractivity contribution in [3.05, 3.63) is 77.9 Å². The van der Waals surface area contributed by atoms with Crippen LogP contribution in [0.2, 0.25) is 0 Å². The Bertz CT molecular complexity index is 1310. The Morgan fingerprint density at radius 1 is 0.943 bits per heavy atom. The van der Waals surface area contributed by atoms with Gasteiger partial charge in [-0.1, -0.05) is 36.8 Å². The van der Waals surface area contributed by atoms with Gasteiger partial charge >= 0.3 is 0 Å². The number of fused-ring (bicyclic) bond motifs is 1. The van der Waals surface area contributed by atoms with Crippen molar-refractivity contribution in [2.45, 2.75) is 37.1 Å². The van der Waals surface area contributed by atoms with Crippen LogP contribution in [0, 0.1) is 23.5 Å². The standard InChI is InChI=1S/C25H27F2N5O2S/c26-21-11-23(30-13-19-20(14-30)25(19)31-15-28-29-16-31)22(27)10-18(21)12-32-9-5-4-8-24(35(32,33)34)17-6-2-1-3-7-17/h1-3,6-7,10-11,15-16,19-20,24-25H,4-5,8-9,12-14H2/t19-,20+,24-,25+/m0/s1. The summed E-state index contributed by atoms with van der Waals surface area (Å²) in [7, 11) is -3.72. The predicted octanol–water partition coefficient (Wildman–Crippen LogP) is 3.92. The minimum atomic E-state index is -3.72. The molecule has 1 aromatic heterocycles. The van der Waals surface area contributed by atoms with Crippen molar-refractivity contribution in [1.29, 1.82) is 0 Å². The van der Waals surface area contributed by atoms with E-state index in [1.54, 1.807) is 12.7 Å². The second-order valence-electron chi connectivity index (χ2n) is 9.80. The van der Waals surface area contributed by atoms with Crippen molar-refractivity contribution >= 4 is 15.7 Å². The van der Waals surface area contributed by atoms with Crippen LogP contribution >= 0.6 is 0 Å².